The van der Waals surface area contributed by atoms with E-state index in [0.29, 0.717) is 35.7 Å². The Morgan fingerprint density at radius 2 is 2.12 bits per heavy atom. The van der Waals surface area contributed by atoms with E-state index in [1.165, 1.54) is 6.20 Å². The number of nitrogens with two attached hydrogens (primary N) is 1. The van der Waals surface area contributed by atoms with Crippen LogP contribution in [0.5, 0.6) is 0 Å². The summed E-state index contributed by atoms with van der Waals surface area (Å²) in [6.45, 7) is 3.33. The molecule has 138 valence electrons. The number of aromatic nitrogens is 2. The molecule has 0 saturated carbocycles. The van der Waals surface area contributed by atoms with Crippen LogP contribution in [0.25, 0.3) is 0 Å². The summed E-state index contributed by atoms with van der Waals surface area (Å²) >= 11 is 1.60. The van der Waals surface area contributed by atoms with Gasteiger partial charge in [0.15, 0.2) is 11.0 Å². The van der Waals surface area contributed by atoms with Gasteiger partial charge in [0.1, 0.15) is 5.54 Å². The zero-order chi connectivity index (χ0) is 17.4. The van der Waals surface area contributed by atoms with Crippen LogP contribution in [-0.4, -0.2) is 34.0 Å². The molecule has 2 aromatic rings. The van der Waals surface area contributed by atoms with Crippen LogP contribution in [0.3, 0.4) is 0 Å². The lowest BCUT2D eigenvalue weighted by Gasteiger charge is -2.34. The second-order valence-corrected chi connectivity index (χ2v) is 7.49. The lowest BCUT2D eigenvalue weighted by atomic mass is 9.82. The van der Waals surface area contributed by atoms with Gasteiger partial charge in [0.2, 0.25) is 5.95 Å². The zero-order valence-electron chi connectivity index (χ0n) is 14.4. The number of benzene rings is 1. The Morgan fingerprint density at radius 1 is 1.35 bits per heavy atom. The average molecular weight is 394 g/mol. The van der Waals surface area contributed by atoms with Crippen molar-refractivity contribution in [3.05, 3.63) is 53.6 Å². The fourth-order valence-electron chi connectivity index (χ4n) is 3.70. The molecule has 2 aliphatic heterocycles. The maximum absolute atomic E-state index is 13.8. The van der Waals surface area contributed by atoms with E-state index in [-0.39, 0.29) is 23.8 Å². The third-order valence-electron chi connectivity index (χ3n) is 4.99. The molecule has 1 unspecified atom stereocenters. The van der Waals surface area contributed by atoms with E-state index in [9.17, 15) is 4.39 Å². The van der Waals surface area contributed by atoms with Crippen molar-refractivity contribution in [3.8, 4) is 0 Å². The van der Waals surface area contributed by atoms with Gasteiger partial charge in [0.25, 0.3) is 0 Å². The summed E-state index contributed by atoms with van der Waals surface area (Å²) in [5.74, 6) is 1.44. The van der Waals surface area contributed by atoms with Crippen molar-refractivity contribution in [2.45, 2.75) is 18.9 Å². The number of aryl methyl sites for hydroxylation is 1. The number of rotatable bonds is 3. The molecule has 2 aliphatic rings. The molecule has 1 aromatic carbocycles. The summed E-state index contributed by atoms with van der Waals surface area (Å²) in [7, 11) is 0. The predicted octanol–water partition coefficient (Wildman–Crippen LogP) is 2.99. The number of anilines is 1. The second-order valence-electron chi connectivity index (χ2n) is 6.45. The van der Waals surface area contributed by atoms with E-state index in [1.807, 2.05) is 25.1 Å². The highest BCUT2D eigenvalue weighted by Crippen LogP contribution is 2.45. The van der Waals surface area contributed by atoms with Crippen LogP contribution in [0.4, 0.5) is 10.3 Å². The van der Waals surface area contributed by atoms with Crippen LogP contribution < -0.4 is 10.6 Å². The minimum atomic E-state index is -0.388. The van der Waals surface area contributed by atoms with Crippen molar-refractivity contribution in [2.24, 2.45) is 16.6 Å². The van der Waals surface area contributed by atoms with Gasteiger partial charge in [0, 0.05) is 18.2 Å². The first kappa shape index (κ1) is 18.9. The SMILES string of the molecule is CCc1nc(N2C[C@H]3CSC(N)=NC3(c3ccccc3)C2)ncc1F.Cl. The maximum Gasteiger partial charge on any atom is 0.225 e. The summed E-state index contributed by atoms with van der Waals surface area (Å²) in [5.41, 5.74) is 7.29. The van der Waals surface area contributed by atoms with Crippen molar-refractivity contribution in [1.82, 2.24) is 9.97 Å². The van der Waals surface area contributed by atoms with E-state index in [1.54, 1.807) is 11.8 Å². The fraction of sp³-hybridized carbons (Fsp3) is 0.389. The monoisotopic (exact) mass is 393 g/mol. The standard InChI is InChI=1S/C18H20FN5S.ClH/c1-2-15-14(19)8-21-17(22-15)24-9-13-10-25-16(20)23-18(13,11-24)12-6-4-3-5-7-12;/h3-8,13H,2,9-11H2,1H3,(H2,20,23);1H/t13-,18?;/m0./s1. The van der Waals surface area contributed by atoms with Gasteiger partial charge in [-0.2, -0.15) is 0 Å². The minimum Gasteiger partial charge on any atom is -0.379 e. The first-order valence-electron chi connectivity index (χ1n) is 8.42. The van der Waals surface area contributed by atoms with Gasteiger partial charge in [-0.15, -0.1) is 12.4 Å². The number of aliphatic imine (C=N–C) groups is 1. The Labute approximate surface area is 162 Å². The summed E-state index contributed by atoms with van der Waals surface area (Å²) in [4.78, 5) is 15.6. The number of hydrogen-bond donors (Lipinski definition) is 1. The van der Waals surface area contributed by atoms with Crippen LogP contribution in [0.2, 0.25) is 0 Å². The Kier molecular flexibility index (Phi) is 5.39. The first-order chi connectivity index (χ1) is 12.1. The normalized spacial score (nSPS) is 24.6. The van der Waals surface area contributed by atoms with Crippen molar-refractivity contribution < 1.29 is 4.39 Å². The van der Waals surface area contributed by atoms with Crippen molar-refractivity contribution >= 4 is 35.3 Å². The first-order valence-corrected chi connectivity index (χ1v) is 9.41. The zero-order valence-corrected chi connectivity index (χ0v) is 16.1. The van der Waals surface area contributed by atoms with Crippen LogP contribution >= 0.6 is 24.2 Å². The number of nitrogens with zero attached hydrogens (tertiary/aromatic N) is 4. The highest BCUT2D eigenvalue weighted by atomic mass is 35.5. The summed E-state index contributed by atoms with van der Waals surface area (Å²) in [6.07, 6.45) is 1.81. The molecule has 5 nitrogen and oxygen atoms in total. The van der Waals surface area contributed by atoms with E-state index in [2.05, 4.69) is 27.0 Å². The topological polar surface area (TPSA) is 67.4 Å². The number of thioether (sulfide) groups is 1. The fourth-order valence-corrected chi connectivity index (χ4v) is 4.68. The Hall–Kier alpha value is -1.86. The highest BCUT2D eigenvalue weighted by Gasteiger charge is 2.50. The van der Waals surface area contributed by atoms with Crippen molar-refractivity contribution in [3.63, 3.8) is 0 Å². The number of amidine groups is 1. The smallest absolute Gasteiger partial charge is 0.225 e. The lowest BCUT2D eigenvalue weighted by Crippen LogP contribution is -2.40. The van der Waals surface area contributed by atoms with E-state index >= 15 is 0 Å². The van der Waals surface area contributed by atoms with E-state index < -0.39 is 0 Å². The maximum atomic E-state index is 13.8. The molecule has 0 aliphatic carbocycles. The molecule has 0 bridgehead atoms. The van der Waals surface area contributed by atoms with Gasteiger partial charge >= 0.3 is 0 Å². The van der Waals surface area contributed by atoms with Gasteiger partial charge in [-0.1, -0.05) is 49.0 Å². The lowest BCUT2D eigenvalue weighted by molar-refractivity contribution is 0.387. The summed E-state index contributed by atoms with van der Waals surface area (Å²) in [6, 6.07) is 10.3. The molecular weight excluding hydrogens is 373 g/mol. The Morgan fingerprint density at radius 3 is 2.85 bits per heavy atom. The molecule has 3 heterocycles. The van der Waals surface area contributed by atoms with Crippen LogP contribution in [0.1, 0.15) is 18.2 Å². The Bertz CT molecular complexity index is 818. The molecule has 0 amide bonds. The van der Waals surface area contributed by atoms with Crippen molar-refractivity contribution in [1.29, 1.82) is 0 Å². The third kappa shape index (κ3) is 3.14. The summed E-state index contributed by atoms with van der Waals surface area (Å²) < 4.78 is 13.8. The van der Waals surface area contributed by atoms with E-state index in [0.717, 1.165) is 17.9 Å². The molecule has 8 heteroatoms. The highest BCUT2D eigenvalue weighted by molar-refractivity contribution is 8.13. The van der Waals surface area contributed by atoms with Crippen LogP contribution in [0.15, 0.2) is 41.5 Å². The van der Waals surface area contributed by atoms with Gasteiger partial charge in [-0.25, -0.2) is 19.4 Å². The molecule has 26 heavy (non-hydrogen) atoms. The van der Waals surface area contributed by atoms with E-state index in [4.69, 9.17) is 10.7 Å². The number of hydrogen-bond acceptors (Lipinski definition) is 6. The molecule has 1 fully saturated rings. The third-order valence-corrected chi connectivity index (χ3v) is 5.94. The molecule has 0 spiro atoms. The molecule has 1 saturated heterocycles. The molecule has 2 N–H and O–H groups in total. The second kappa shape index (κ2) is 7.40. The largest absolute Gasteiger partial charge is 0.379 e. The number of halogens is 2. The average Bonchev–Trinajstić information content (AvgIpc) is 3.03. The van der Waals surface area contributed by atoms with Gasteiger partial charge in [0.05, 0.1) is 18.4 Å². The van der Waals surface area contributed by atoms with Crippen molar-refractivity contribution in [2.75, 3.05) is 23.7 Å². The molecule has 0 radical (unpaired) electrons. The molecular formula is C18H21ClFN5S. The van der Waals surface area contributed by atoms with Gasteiger partial charge < -0.3 is 10.6 Å². The van der Waals surface area contributed by atoms with Gasteiger partial charge in [-0.05, 0) is 12.0 Å². The Balaban J connectivity index is 0.00000196. The predicted molar refractivity (Wildman–Crippen MR) is 107 cm³/mol. The number of fused-ring (bicyclic) bond motifs is 1. The quantitative estimate of drug-likeness (QED) is 0.868. The van der Waals surface area contributed by atoms with Crippen LogP contribution in [0, 0.1) is 11.7 Å². The summed E-state index contributed by atoms with van der Waals surface area (Å²) in [5, 5.41) is 0.622. The van der Waals surface area contributed by atoms with Crippen LogP contribution in [-0.2, 0) is 12.0 Å². The molecule has 1 aromatic heterocycles. The molecule has 2 atom stereocenters. The van der Waals surface area contributed by atoms with Gasteiger partial charge in [-0.3, -0.25) is 0 Å². The minimum absolute atomic E-state index is 0. The molecule has 4 rings (SSSR count).